The van der Waals surface area contributed by atoms with Crippen LogP contribution in [0.1, 0.15) is 16.6 Å². The number of thiophene rings is 1. The predicted molar refractivity (Wildman–Crippen MR) is 72.1 cm³/mol. The maximum atomic E-state index is 12.5. The van der Waals surface area contributed by atoms with Gasteiger partial charge in [-0.2, -0.15) is 4.31 Å². The van der Waals surface area contributed by atoms with Crippen LogP contribution in [0, 0.1) is 0 Å². The summed E-state index contributed by atoms with van der Waals surface area (Å²) in [6.07, 6.45) is 0. The number of sulfonamides is 1. The lowest BCUT2D eigenvalue weighted by Gasteiger charge is -2.36. The van der Waals surface area contributed by atoms with Crippen LogP contribution in [0.3, 0.4) is 0 Å². The fraction of sp³-hybridized carbons (Fsp3) is 0.545. The third-order valence-electron chi connectivity index (χ3n) is 3.16. The Morgan fingerprint density at radius 3 is 2.68 bits per heavy atom. The van der Waals surface area contributed by atoms with Crippen molar-refractivity contribution in [1.29, 1.82) is 0 Å². The summed E-state index contributed by atoms with van der Waals surface area (Å²) in [4.78, 5) is 13.0. The molecule has 1 unspecified atom stereocenters. The van der Waals surface area contributed by atoms with E-state index in [4.69, 9.17) is 5.11 Å². The Morgan fingerprint density at radius 1 is 1.47 bits per heavy atom. The molecule has 19 heavy (non-hydrogen) atoms. The molecule has 1 aliphatic rings. The van der Waals surface area contributed by atoms with E-state index >= 15 is 0 Å². The third kappa shape index (κ3) is 2.81. The Bertz CT molecular complexity index is 581. The molecular weight excluding hydrogens is 288 g/mol. The number of nitrogens with zero attached hydrogens (tertiary/aromatic N) is 2. The molecule has 0 aliphatic carbocycles. The summed E-state index contributed by atoms with van der Waals surface area (Å²) in [5.41, 5.74) is 0. The molecular formula is C11H16N2O4S2. The highest BCUT2D eigenvalue weighted by molar-refractivity contribution is 7.89. The first-order valence-corrected chi connectivity index (χ1v) is 8.16. The molecule has 6 nitrogen and oxygen atoms in total. The van der Waals surface area contributed by atoms with Gasteiger partial charge in [0.15, 0.2) is 0 Å². The molecule has 0 saturated carbocycles. The molecule has 0 aromatic carbocycles. The molecule has 0 radical (unpaired) electrons. The molecule has 1 N–H and O–H groups in total. The van der Waals surface area contributed by atoms with Crippen molar-refractivity contribution >= 4 is 27.3 Å². The predicted octanol–water partition coefficient (Wildman–Crippen LogP) is 0.771. The van der Waals surface area contributed by atoms with Gasteiger partial charge in [0.1, 0.15) is 4.88 Å². The first-order chi connectivity index (χ1) is 8.82. The summed E-state index contributed by atoms with van der Waals surface area (Å²) in [7, 11) is -1.64. The highest BCUT2D eigenvalue weighted by atomic mass is 32.2. The third-order valence-corrected chi connectivity index (χ3v) is 6.22. The van der Waals surface area contributed by atoms with Crippen molar-refractivity contribution in [1.82, 2.24) is 9.21 Å². The van der Waals surface area contributed by atoms with Crippen LogP contribution in [0.2, 0.25) is 0 Å². The van der Waals surface area contributed by atoms with Crippen molar-refractivity contribution < 1.29 is 18.3 Å². The van der Waals surface area contributed by atoms with Gasteiger partial charge in [-0.25, -0.2) is 13.2 Å². The first-order valence-electron chi connectivity index (χ1n) is 5.84. The molecule has 1 aromatic heterocycles. The van der Waals surface area contributed by atoms with Crippen molar-refractivity contribution in [3.05, 3.63) is 16.3 Å². The van der Waals surface area contributed by atoms with Crippen molar-refractivity contribution in [2.45, 2.75) is 17.9 Å². The standard InChI is InChI=1S/C11H16N2O4S2/c1-8-6-12(2)3-4-13(8)19(16,17)9-5-10(11(14)15)18-7-9/h5,7-8H,3-4,6H2,1-2H3,(H,14,15). The molecule has 1 aliphatic heterocycles. The number of carboxylic acid groups (broad SMARTS) is 1. The van der Waals surface area contributed by atoms with Crippen LogP contribution in [-0.4, -0.2) is 61.4 Å². The van der Waals surface area contributed by atoms with Crippen molar-refractivity contribution in [3.63, 3.8) is 0 Å². The molecule has 2 rings (SSSR count). The second-order valence-electron chi connectivity index (χ2n) is 4.68. The molecule has 1 aromatic rings. The molecule has 0 spiro atoms. The van der Waals surface area contributed by atoms with Crippen LogP contribution in [0.4, 0.5) is 0 Å². The maximum Gasteiger partial charge on any atom is 0.345 e. The average Bonchev–Trinajstić information content (AvgIpc) is 2.78. The van der Waals surface area contributed by atoms with E-state index in [1.54, 1.807) is 0 Å². The molecule has 0 bridgehead atoms. The van der Waals surface area contributed by atoms with E-state index in [-0.39, 0.29) is 15.8 Å². The number of hydrogen-bond donors (Lipinski definition) is 1. The maximum absolute atomic E-state index is 12.5. The number of hydrogen-bond acceptors (Lipinski definition) is 5. The molecule has 0 amide bonds. The van der Waals surface area contributed by atoms with E-state index in [9.17, 15) is 13.2 Å². The minimum absolute atomic E-state index is 0.0420. The number of carboxylic acids is 1. The van der Waals surface area contributed by atoms with Gasteiger partial charge in [0.05, 0.1) is 4.90 Å². The Kier molecular flexibility index (Phi) is 3.95. The molecule has 1 atom stereocenters. The summed E-state index contributed by atoms with van der Waals surface area (Å²) >= 11 is 0.935. The second-order valence-corrected chi connectivity index (χ2v) is 7.48. The van der Waals surface area contributed by atoms with Crippen LogP contribution in [-0.2, 0) is 10.0 Å². The van der Waals surface area contributed by atoms with Gasteiger partial charge in [-0.15, -0.1) is 11.3 Å². The quantitative estimate of drug-likeness (QED) is 0.892. The Hall–Kier alpha value is -0.960. The van der Waals surface area contributed by atoms with Gasteiger partial charge < -0.3 is 10.0 Å². The van der Waals surface area contributed by atoms with Gasteiger partial charge >= 0.3 is 5.97 Å². The second kappa shape index (κ2) is 5.20. The molecule has 106 valence electrons. The number of likely N-dealkylation sites (N-methyl/N-ethyl adjacent to an activating group) is 1. The smallest absolute Gasteiger partial charge is 0.345 e. The minimum Gasteiger partial charge on any atom is -0.477 e. The average molecular weight is 304 g/mol. The molecule has 1 fully saturated rings. The van der Waals surface area contributed by atoms with E-state index in [0.717, 1.165) is 11.3 Å². The van der Waals surface area contributed by atoms with Gasteiger partial charge in [0.2, 0.25) is 10.0 Å². The Morgan fingerprint density at radius 2 is 2.16 bits per heavy atom. The van der Waals surface area contributed by atoms with Crippen molar-refractivity contribution in [3.8, 4) is 0 Å². The van der Waals surface area contributed by atoms with Crippen molar-refractivity contribution in [2.75, 3.05) is 26.7 Å². The first kappa shape index (κ1) is 14.4. The fourth-order valence-electron chi connectivity index (χ4n) is 2.18. The summed E-state index contributed by atoms with van der Waals surface area (Å²) in [6, 6.07) is 1.12. The fourth-order valence-corrected chi connectivity index (χ4v) is 4.89. The van der Waals surface area contributed by atoms with Gasteiger partial charge in [-0.05, 0) is 20.0 Å². The van der Waals surface area contributed by atoms with E-state index in [1.165, 1.54) is 15.8 Å². The van der Waals surface area contributed by atoms with E-state index in [1.807, 2.05) is 14.0 Å². The van der Waals surface area contributed by atoms with Crippen molar-refractivity contribution in [2.24, 2.45) is 0 Å². The largest absolute Gasteiger partial charge is 0.477 e. The van der Waals surface area contributed by atoms with E-state index < -0.39 is 16.0 Å². The normalized spacial score (nSPS) is 22.5. The zero-order chi connectivity index (χ0) is 14.2. The zero-order valence-electron chi connectivity index (χ0n) is 10.7. The lowest BCUT2D eigenvalue weighted by atomic mass is 10.2. The Labute approximate surface area is 116 Å². The van der Waals surface area contributed by atoms with Gasteiger partial charge in [0, 0.05) is 31.1 Å². The lowest BCUT2D eigenvalue weighted by Crippen LogP contribution is -2.52. The van der Waals surface area contributed by atoms with Gasteiger partial charge in [0.25, 0.3) is 0 Å². The number of aromatic carboxylic acids is 1. The number of piperazine rings is 1. The van der Waals surface area contributed by atoms with Crippen LogP contribution in [0.15, 0.2) is 16.3 Å². The minimum atomic E-state index is -3.59. The summed E-state index contributed by atoms with van der Waals surface area (Å²) in [5.74, 6) is -1.10. The SMILES string of the molecule is CC1CN(C)CCN1S(=O)(=O)c1csc(C(=O)O)c1. The zero-order valence-corrected chi connectivity index (χ0v) is 12.4. The van der Waals surface area contributed by atoms with Crippen LogP contribution in [0.5, 0.6) is 0 Å². The summed E-state index contributed by atoms with van der Waals surface area (Å²) in [5, 5.41) is 10.2. The lowest BCUT2D eigenvalue weighted by molar-refractivity contribution is 0.0702. The highest BCUT2D eigenvalue weighted by Gasteiger charge is 2.33. The van der Waals surface area contributed by atoms with E-state index in [0.29, 0.717) is 19.6 Å². The molecule has 2 heterocycles. The topological polar surface area (TPSA) is 77.9 Å². The molecule has 1 saturated heterocycles. The summed E-state index contributed by atoms with van der Waals surface area (Å²) < 4.78 is 26.4. The van der Waals surface area contributed by atoms with Gasteiger partial charge in [-0.3, -0.25) is 0 Å². The number of rotatable bonds is 3. The van der Waals surface area contributed by atoms with E-state index in [2.05, 4.69) is 4.90 Å². The van der Waals surface area contributed by atoms with Crippen LogP contribution < -0.4 is 0 Å². The number of carbonyl (C=O) groups is 1. The van der Waals surface area contributed by atoms with Gasteiger partial charge in [-0.1, -0.05) is 0 Å². The Balaban J connectivity index is 2.28. The summed E-state index contributed by atoms with van der Waals surface area (Å²) in [6.45, 7) is 3.64. The monoisotopic (exact) mass is 304 g/mol. The van der Waals surface area contributed by atoms with Crippen LogP contribution in [0.25, 0.3) is 0 Å². The highest BCUT2D eigenvalue weighted by Crippen LogP contribution is 2.25. The van der Waals surface area contributed by atoms with Crippen LogP contribution >= 0.6 is 11.3 Å². The molecule has 8 heteroatoms.